The van der Waals surface area contributed by atoms with E-state index >= 15 is 4.39 Å². The quantitative estimate of drug-likeness (QED) is 0.157. The third-order valence-electron chi connectivity index (χ3n) is 7.45. The lowest BCUT2D eigenvalue weighted by atomic mass is 9.93. The average molecular weight is 576 g/mol. The zero-order valence-corrected chi connectivity index (χ0v) is 24.6. The number of rotatable bonds is 9. The summed E-state index contributed by atoms with van der Waals surface area (Å²) in [6.07, 6.45) is 9.44. The second kappa shape index (κ2) is 13.4. The van der Waals surface area contributed by atoms with Crippen LogP contribution in [0, 0.1) is 5.82 Å². The number of amides is 3. The maximum Gasteiger partial charge on any atom is 0.319 e. The van der Waals surface area contributed by atoms with Gasteiger partial charge in [-0.15, -0.1) is 0 Å². The van der Waals surface area contributed by atoms with E-state index < -0.39 is 11.7 Å². The van der Waals surface area contributed by atoms with E-state index in [1.165, 1.54) is 18.5 Å². The van der Waals surface area contributed by atoms with Gasteiger partial charge in [0.25, 0.3) is 5.91 Å². The van der Waals surface area contributed by atoms with Crippen molar-refractivity contribution in [1.29, 1.82) is 0 Å². The highest BCUT2D eigenvalue weighted by molar-refractivity contribution is 6.23. The molecule has 0 atom stereocenters. The van der Waals surface area contributed by atoms with E-state index in [1.807, 2.05) is 17.9 Å². The number of fused-ring (bicyclic) bond motifs is 1. The molecule has 0 saturated carbocycles. The molecule has 0 radical (unpaired) electrons. The van der Waals surface area contributed by atoms with Crippen LogP contribution in [0.4, 0.5) is 20.7 Å². The minimum atomic E-state index is -0.588. The zero-order valence-electron chi connectivity index (χ0n) is 24.6. The number of unbranched alkanes of at least 4 members (excludes halogenated alkanes) is 1. The molecule has 2 aromatic heterocycles. The van der Waals surface area contributed by atoms with E-state index in [2.05, 4.69) is 15.4 Å². The fraction of sp³-hybridized carbons (Fsp3) is 0.387. The number of nitrogens with two attached hydrogens (primary N) is 1. The molecule has 3 aromatic rings. The third-order valence-corrected chi connectivity index (χ3v) is 7.45. The summed E-state index contributed by atoms with van der Waals surface area (Å²) in [6, 6.07) is 6.25. The Morgan fingerprint density at radius 1 is 1.17 bits per heavy atom. The van der Waals surface area contributed by atoms with Crippen LogP contribution in [0.5, 0.6) is 0 Å². The van der Waals surface area contributed by atoms with Gasteiger partial charge in [0.15, 0.2) is 11.6 Å². The molecule has 1 aliphatic rings. The highest BCUT2D eigenvalue weighted by Gasteiger charge is 2.29. The van der Waals surface area contributed by atoms with Crippen molar-refractivity contribution in [2.45, 2.75) is 51.9 Å². The summed E-state index contributed by atoms with van der Waals surface area (Å²) in [6.45, 7) is 4.96. The Kier molecular flexibility index (Phi) is 9.72. The van der Waals surface area contributed by atoms with Crippen LogP contribution in [0.2, 0.25) is 0 Å². The first-order valence-electron chi connectivity index (χ1n) is 14.2. The van der Waals surface area contributed by atoms with Crippen molar-refractivity contribution >= 4 is 34.7 Å². The topological polar surface area (TPSA) is 126 Å². The van der Waals surface area contributed by atoms with Gasteiger partial charge in [-0.1, -0.05) is 25.5 Å². The van der Waals surface area contributed by atoms with Gasteiger partial charge in [-0.2, -0.15) is 5.10 Å². The molecule has 0 aliphatic carbocycles. The number of hydrogen-bond acceptors (Lipinski definition) is 6. The van der Waals surface area contributed by atoms with Crippen molar-refractivity contribution in [2.75, 3.05) is 38.2 Å². The van der Waals surface area contributed by atoms with Crippen LogP contribution in [0.15, 0.2) is 54.4 Å². The van der Waals surface area contributed by atoms with Crippen LogP contribution in [0.1, 0.15) is 57.6 Å². The van der Waals surface area contributed by atoms with Crippen LogP contribution in [0.3, 0.4) is 0 Å². The Balaban J connectivity index is 1.62. The number of urea groups is 1. The van der Waals surface area contributed by atoms with E-state index in [9.17, 15) is 14.4 Å². The van der Waals surface area contributed by atoms with Gasteiger partial charge in [0.05, 0.1) is 5.57 Å². The Labute approximate surface area is 245 Å². The fourth-order valence-corrected chi connectivity index (χ4v) is 5.21. The summed E-state index contributed by atoms with van der Waals surface area (Å²) < 4.78 is 17.4. The Hall–Kier alpha value is -4.54. The number of hydrogen-bond donors (Lipinski definition) is 2. The van der Waals surface area contributed by atoms with Crippen LogP contribution in [0.25, 0.3) is 16.6 Å². The van der Waals surface area contributed by atoms with Crippen molar-refractivity contribution < 1.29 is 18.8 Å². The Morgan fingerprint density at radius 2 is 1.90 bits per heavy atom. The van der Waals surface area contributed by atoms with Gasteiger partial charge in [0.2, 0.25) is 0 Å². The summed E-state index contributed by atoms with van der Waals surface area (Å²) in [7, 11) is 3.47. The number of anilines is 2. The van der Waals surface area contributed by atoms with Crippen LogP contribution in [-0.4, -0.2) is 69.3 Å². The third kappa shape index (κ3) is 6.50. The Bertz CT molecular complexity index is 1530. The summed E-state index contributed by atoms with van der Waals surface area (Å²) in [5.41, 5.74) is 8.69. The van der Waals surface area contributed by atoms with E-state index in [-0.39, 0.29) is 46.8 Å². The van der Waals surface area contributed by atoms with Gasteiger partial charge in [-0.25, -0.2) is 18.7 Å². The van der Waals surface area contributed by atoms with Crippen molar-refractivity contribution in [2.24, 2.45) is 0 Å². The minimum Gasteiger partial charge on any atom is -0.382 e. The predicted molar refractivity (Wildman–Crippen MR) is 161 cm³/mol. The van der Waals surface area contributed by atoms with E-state index in [4.69, 9.17) is 5.73 Å². The lowest BCUT2D eigenvalue weighted by Gasteiger charge is -2.33. The summed E-state index contributed by atoms with van der Waals surface area (Å²) in [4.78, 5) is 45.5. The molecule has 3 heterocycles. The summed E-state index contributed by atoms with van der Waals surface area (Å²) in [5.74, 6) is -1.12. The number of Topliss-reactive ketones (excluding diaryl/α,β-unsaturated/α-hetero) is 1. The molecule has 10 nitrogen and oxygen atoms in total. The highest BCUT2D eigenvalue weighted by atomic mass is 19.1. The number of piperidine rings is 1. The molecule has 4 rings (SSSR count). The number of aromatic nitrogens is 3. The number of carbonyl (C=O) groups is 3. The predicted octanol–water partition coefficient (Wildman–Crippen LogP) is 5.18. The molecule has 1 saturated heterocycles. The highest BCUT2D eigenvalue weighted by Crippen LogP contribution is 2.38. The molecule has 1 aromatic carbocycles. The average Bonchev–Trinajstić information content (AvgIpc) is 3.36. The van der Waals surface area contributed by atoms with Crippen LogP contribution in [-0.2, 0) is 9.59 Å². The maximum absolute atomic E-state index is 15.7. The number of benzene rings is 1. The van der Waals surface area contributed by atoms with E-state index in [0.29, 0.717) is 30.6 Å². The molecule has 1 aliphatic heterocycles. The molecule has 3 amide bonds. The molecule has 222 valence electrons. The lowest BCUT2D eigenvalue weighted by molar-refractivity contribution is -0.120. The molecule has 42 heavy (non-hydrogen) atoms. The second-order valence-electron chi connectivity index (χ2n) is 10.6. The molecule has 3 N–H and O–H groups in total. The SMILES string of the molecule is C/C=C\C=C(/C(=O)CCCC)C(=O)Nc1ccc(-c2cc(C3CCN(C(=O)N(C)C)CC3)n3ncnc(N)c23)c(F)c1. The number of nitrogens with zero attached hydrogens (tertiary/aromatic N) is 5. The van der Waals surface area contributed by atoms with Gasteiger partial charge >= 0.3 is 6.03 Å². The van der Waals surface area contributed by atoms with Gasteiger partial charge in [0.1, 0.15) is 17.7 Å². The van der Waals surface area contributed by atoms with Gasteiger partial charge in [-0.3, -0.25) is 9.59 Å². The number of ketones is 1. The van der Waals surface area contributed by atoms with Gasteiger partial charge < -0.3 is 20.9 Å². The number of nitrogen functional groups attached to an aromatic ring is 1. The molecule has 0 bridgehead atoms. The Morgan fingerprint density at radius 3 is 2.55 bits per heavy atom. The first-order valence-corrected chi connectivity index (χ1v) is 14.2. The largest absolute Gasteiger partial charge is 0.382 e. The lowest BCUT2D eigenvalue weighted by Crippen LogP contribution is -2.43. The summed E-state index contributed by atoms with van der Waals surface area (Å²) >= 11 is 0. The number of likely N-dealkylation sites (tertiary alicyclic amines) is 1. The summed E-state index contributed by atoms with van der Waals surface area (Å²) in [5, 5.41) is 7.09. The molecule has 1 fully saturated rings. The van der Waals surface area contributed by atoms with Crippen molar-refractivity contribution in [3.8, 4) is 11.1 Å². The smallest absolute Gasteiger partial charge is 0.319 e. The molecular formula is C31H38FN7O3. The minimum absolute atomic E-state index is 0.0234. The maximum atomic E-state index is 15.7. The molecule has 0 unspecified atom stereocenters. The van der Waals surface area contributed by atoms with Crippen LogP contribution >= 0.6 is 0 Å². The standard InChI is InChI=1S/C31H38FN7O3/c1-5-7-9-23(27(40)10-8-6-2)30(41)36-21-11-12-22(25(32)17-21)24-18-26(39-28(24)29(33)34-19-35-39)20-13-15-38(16-14-20)31(42)37(3)4/h5,7,9,11-12,17-20H,6,8,10,13-16H2,1-4H3,(H,36,41)(H2,33,34,35)/b7-5-,23-9+. The molecule has 11 heteroatoms. The number of carbonyl (C=O) groups excluding carboxylic acids is 3. The van der Waals surface area contributed by atoms with Gasteiger partial charge in [-0.05, 0) is 56.5 Å². The van der Waals surface area contributed by atoms with Crippen molar-refractivity contribution in [3.63, 3.8) is 0 Å². The number of allylic oxidation sites excluding steroid dienone is 3. The monoisotopic (exact) mass is 575 g/mol. The second-order valence-corrected chi connectivity index (χ2v) is 10.6. The van der Waals surface area contributed by atoms with Crippen molar-refractivity contribution in [1.82, 2.24) is 24.4 Å². The first-order chi connectivity index (χ1) is 20.2. The molecule has 0 spiro atoms. The zero-order chi connectivity index (χ0) is 30.4. The van der Waals surface area contributed by atoms with Crippen molar-refractivity contribution in [3.05, 3.63) is 65.9 Å². The number of nitrogens with one attached hydrogen (secondary N) is 1. The van der Waals surface area contributed by atoms with E-state index in [0.717, 1.165) is 25.0 Å². The van der Waals surface area contributed by atoms with Gasteiger partial charge in [0, 0.05) is 62.0 Å². The van der Waals surface area contributed by atoms with Crippen LogP contribution < -0.4 is 11.1 Å². The first kappa shape index (κ1) is 30.4. The molecular weight excluding hydrogens is 537 g/mol. The normalized spacial score (nSPS) is 14.5. The number of halogens is 1. The fourth-order valence-electron chi connectivity index (χ4n) is 5.21. The van der Waals surface area contributed by atoms with E-state index in [1.54, 1.807) is 54.7 Å².